The molecule has 0 saturated heterocycles. The van der Waals surface area contributed by atoms with Crippen LogP contribution in [0.25, 0.3) is 6.08 Å². The Kier molecular flexibility index (Phi) is 6.37. The van der Waals surface area contributed by atoms with E-state index in [9.17, 15) is 0 Å². The van der Waals surface area contributed by atoms with Crippen molar-refractivity contribution in [2.75, 3.05) is 0 Å². The summed E-state index contributed by atoms with van der Waals surface area (Å²) in [6.45, 7) is 0. The molecular formula is C16H14Cl2Zr. The van der Waals surface area contributed by atoms with E-state index in [0.717, 1.165) is 12.8 Å². The Morgan fingerprint density at radius 1 is 0.895 bits per heavy atom. The van der Waals surface area contributed by atoms with Crippen molar-refractivity contribution in [3.63, 3.8) is 0 Å². The fraction of sp³-hybridized carbons (Fsp3) is 0.125. The molecule has 0 aromatic heterocycles. The van der Waals surface area contributed by atoms with Crippen LogP contribution in [0.2, 0.25) is 0 Å². The molecule has 1 aliphatic carbocycles. The van der Waals surface area contributed by atoms with Gasteiger partial charge in [-0.1, -0.05) is 66.2 Å². The summed E-state index contributed by atoms with van der Waals surface area (Å²) in [6, 6.07) is 19.3. The van der Waals surface area contributed by atoms with Crippen LogP contribution < -0.4 is 0 Å². The first-order chi connectivity index (χ1) is 9.33. The van der Waals surface area contributed by atoms with E-state index >= 15 is 0 Å². The van der Waals surface area contributed by atoms with Gasteiger partial charge < -0.3 is 0 Å². The van der Waals surface area contributed by atoms with Crippen LogP contribution in [-0.2, 0) is 33.7 Å². The Bertz CT molecular complexity index is 550. The maximum absolute atomic E-state index is 4.93. The first kappa shape index (κ1) is 15.0. The molecule has 2 aromatic carbocycles. The summed E-state index contributed by atoms with van der Waals surface area (Å²) < 4.78 is 0. The topological polar surface area (TPSA) is 0 Å². The van der Waals surface area contributed by atoms with Crippen LogP contribution in [0.1, 0.15) is 16.7 Å². The standard InChI is InChI=1S/C16H14.2ClH.Zr/c1-2-6-13(7-3-1)10-14-11-15-8-4-5-9-16(15)12-14;;;/h1-9,11H,10,12H2;2*1H;/q;;;+2/p-2. The van der Waals surface area contributed by atoms with Gasteiger partial charge in [-0.05, 0) is 29.5 Å². The van der Waals surface area contributed by atoms with Crippen LogP contribution in [0.3, 0.4) is 0 Å². The third kappa shape index (κ3) is 4.60. The van der Waals surface area contributed by atoms with E-state index < -0.39 is 20.8 Å². The molecule has 3 rings (SSSR count). The zero-order valence-corrected chi connectivity index (χ0v) is 14.4. The molecule has 0 saturated carbocycles. The van der Waals surface area contributed by atoms with Gasteiger partial charge in [0.15, 0.2) is 0 Å². The number of fused-ring (bicyclic) bond motifs is 1. The van der Waals surface area contributed by atoms with Crippen LogP contribution in [0, 0.1) is 0 Å². The van der Waals surface area contributed by atoms with Crippen molar-refractivity contribution < 1.29 is 20.8 Å². The molecule has 0 fully saturated rings. The summed E-state index contributed by atoms with van der Waals surface area (Å²) >= 11 is -0.826. The number of hydrogen-bond acceptors (Lipinski definition) is 0. The predicted molar refractivity (Wildman–Crippen MR) is 80.0 cm³/mol. The van der Waals surface area contributed by atoms with Gasteiger partial charge in [-0.3, -0.25) is 0 Å². The average Bonchev–Trinajstić information content (AvgIpc) is 2.83. The molecule has 0 spiro atoms. The SMILES string of the molecule is C1=C(Cc2ccccc2)Cc2ccccc21.[Cl][Zr][Cl]. The van der Waals surface area contributed by atoms with Crippen LogP contribution in [0.15, 0.2) is 60.2 Å². The van der Waals surface area contributed by atoms with Crippen molar-refractivity contribution in [2.24, 2.45) is 0 Å². The molecule has 2 aromatic rings. The molecule has 3 heteroatoms. The van der Waals surface area contributed by atoms with Gasteiger partial charge in [0, 0.05) is 0 Å². The fourth-order valence-corrected chi connectivity index (χ4v) is 2.32. The Labute approximate surface area is 133 Å². The summed E-state index contributed by atoms with van der Waals surface area (Å²) in [5.74, 6) is 0. The monoisotopic (exact) mass is 366 g/mol. The molecular weight excluding hydrogens is 354 g/mol. The Hall–Kier alpha value is -0.357. The van der Waals surface area contributed by atoms with Gasteiger partial charge in [0.2, 0.25) is 0 Å². The normalized spacial score (nSPS) is 12.0. The average molecular weight is 368 g/mol. The Morgan fingerprint density at radius 3 is 2.21 bits per heavy atom. The van der Waals surface area contributed by atoms with E-state index in [1.807, 2.05) is 0 Å². The van der Waals surface area contributed by atoms with E-state index in [0.29, 0.717) is 0 Å². The van der Waals surface area contributed by atoms with Gasteiger partial charge in [0.25, 0.3) is 0 Å². The second kappa shape index (κ2) is 8.05. The van der Waals surface area contributed by atoms with Crippen LogP contribution in [0.4, 0.5) is 0 Å². The second-order valence-electron chi connectivity index (χ2n) is 4.41. The Morgan fingerprint density at radius 2 is 1.53 bits per heavy atom. The van der Waals surface area contributed by atoms with Crippen molar-refractivity contribution in [3.8, 4) is 0 Å². The molecule has 0 bridgehead atoms. The minimum absolute atomic E-state index is 0.826. The zero-order valence-electron chi connectivity index (χ0n) is 10.4. The van der Waals surface area contributed by atoms with Gasteiger partial charge in [-0.2, -0.15) is 0 Å². The van der Waals surface area contributed by atoms with Gasteiger partial charge in [0.1, 0.15) is 0 Å². The number of benzene rings is 2. The predicted octanol–water partition coefficient (Wildman–Crippen LogP) is 5.25. The number of rotatable bonds is 2. The van der Waals surface area contributed by atoms with Crippen molar-refractivity contribution in [1.82, 2.24) is 0 Å². The van der Waals surface area contributed by atoms with Crippen LogP contribution in [0.5, 0.6) is 0 Å². The molecule has 0 radical (unpaired) electrons. The van der Waals surface area contributed by atoms with Crippen molar-refractivity contribution in [1.29, 1.82) is 0 Å². The van der Waals surface area contributed by atoms with E-state index in [4.69, 9.17) is 17.0 Å². The van der Waals surface area contributed by atoms with E-state index in [1.165, 1.54) is 22.3 Å². The Balaban J connectivity index is 0.000000408. The molecule has 0 nitrogen and oxygen atoms in total. The zero-order chi connectivity index (χ0) is 13.5. The van der Waals surface area contributed by atoms with Crippen LogP contribution >= 0.6 is 17.0 Å². The van der Waals surface area contributed by atoms with E-state index in [2.05, 4.69) is 60.7 Å². The number of hydrogen-bond donors (Lipinski definition) is 0. The summed E-state index contributed by atoms with van der Waals surface area (Å²) in [4.78, 5) is 0. The summed E-state index contributed by atoms with van der Waals surface area (Å²) in [5.41, 5.74) is 5.79. The summed E-state index contributed by atoms with van der Waals surface area (Å²) in [7, 11) is 9.87. The fourth-order valence-electron chi connectivity index (χ4n) is 2.32. The molecule has 0 N–H and O–H groups in total. The van der Waals surface area contributed by atoms with Gasteiger partial charge in [-0.25, -0.2) is 0 Å². The van der Waals surface area contributed by atoms with E-state index in [1.54, 1.807) is 0 Å². The summed E-state index contributed by atoms with van der Waals surface area (Å²) in [6.07, 6.45) is 4.53. The maximum atomic E-state index is 4.93. The second-order valence-corrected chi connectivity index (χ2v) is 8.14. The number of halogens is 2. The van der Waals surface area contributed by atoms with Crippen molar-refractivity contribution in [3.05, 3.63) is 76.9 Å². The van der Waals surface area contributed by atoms with Gasteiger partial charge in [0.05, 0.1) is 0 Å². The first-order valence-corrected chi connectivity index (χ1v) is 12.4. The molecule has 0 atom stereocenters. The van der Waals surface area contributed by atoms with Gasteiger partial charge >= 0.3 is 37.9 Å². The van der Waals surface area contributed by atoms with Crippen molar-refractivity contribution >= 4 is 23.1 Å². The first-order valence-electron chi connectivity index (χ1n) is 6.11. The van der Waals surface area contributed by atoms with Crippen molar-refractivity contribution in [2.45, 2.75) is 12.8 Å². The number of allylic oxidation sites excluding steroid dienone is 1. The minimum atomic E-state index is -0.826. The molecule has 0 amide bonds. The molecule has 0 heterocycles. The summed E-state index contributed by atoms with van der Waals surface area (Å²) in [5, 5.41) is 0. The third-order valence-electron chi connectivity index (χ3n) is 3.11. The molecule has 19 heavy (non-hydrogen) atoms. The van der Waals surface area contributed by atoms with E-state index in [-0.39, 0.29) is 0 Å². The molecule has 1 aliphatic rings. The molecule has 0 aliphatic heterocycles. The molecule has 0 unspecified atom stereocenters. The quantitative estimate of drug-likeness (QED) is 0.680. The van der Waals surface area contributed by atoms with Crippen LogP contribution in [-0.4, -0.2) is 0 Å². The third-order valence-corrected chi connectivity index (χ3v) is 3.11. The molecule has 96 valence electrons. The van der Waals surface area contributed by atoms with Gasteiger partial charge in [-0.15, -0.1) is 0 Å².